The zero-order valence-electron chi connectivity index (χ0n) is 10.6. The summed E-state index contributed by atoms with van der Waals surface area (Å²) in [7, 11) is 0. The molecule has 92 valence electrons. The van der Waals surface area contributed by atoms with Crippen molar-refractivity contribution < 1.29 is 14.9 Å². The number of hydrogen-bond acceptors (Lipinski definition) is 3. The van der Waals surface area contributed by atoms with Gasteiger partial charge < -0.3 is 5.11 Å². The van der Waals surface area contributed by atoms with Gasteiger partial charge in [0, 0.05) is 0 Å². The Morgan fingerprint density at radius 2 is 1.80 bits per heavy atom. The van der Waals surface area contributed by atoms with Crippen molar-refractivity contribution >= 4 is 0 Å². The van der Waals surface area contributed by atoms with Gasteiger partial charge in [0.2, 0.25) is 0 Å². The molecule has 0 heterocycles. The van der Waals surface area contributed by atoms with Crippen LogP contribution in [0.2, 0.25) is 0 Å². The molecule has 15 heavy (non-hydrogen) atoms. The van der Waals surface area contributed by atoms with Crippen LogP contribution in [-0.2, 0) is 9.78 Å². The van der Waals surface area contributed by atoms with E-state index in [9.17, 15) is 5.11 Å². The van der Waals surface area contributed by atoms with Gasteiger partial charge >= 0.3 is 0 Å². The van der Waals surface area contributed by atoms with Gasteiger partial charge in [-0.05, 0) is 33.6 Å². The SMILES string of the molecule is CCCCCC(O)CCOOC(C)(C)C. The summed E-state index contributed by atoms with van der Waals surface area (Å²) >= 11 is 0. The van der Waals surface area contributed by atoms with Crippen molar-refractivity contribution in [2.45, 2.75) is 71.5 Å². The van der Waals surface area contributed by atoms with Crippen molar-refractivity contribution in [2.24, 2.45) is 0 Å². The summed E-state index contributed by atoms with van der Waals surface area (Å²) in [5.41, 5.74) is -0.271. The lowest BCUT2D eigenvalue weighted by atomic mass is 10.1. The zero-order valence-corrected chi connectivity index (χ0v) is 10.6. The van der Waals surface area contributed by atoms with Crippen LogP contribution in [0.4, 0.5) is 0 Å². The normalized spacial score (nSPS) is 14.2. The minimum atomic E-state index is -0.271. The Hall–Kier alpha value is -0.120. The highest BCUT2D eigenvalue weighted by Crippen LogP contribution is 2.09. The fourth-order valence-corrected chi connectivity index (χ4v) is 1.18. The van der Waals surface area contributed by atoms with E-state index in [0.717, 1.165) is 12.8 Å². The topological polar surface area (TPSA) is 38.7 Å². The zero-order chi connectivity index (χ0) is 11.7. The molecule has 0 aromatic rings. The second-order valence-corrected chi connectivity index (χ2v) is 4.96. The molecule has 1 N–H and O–H groups in total. The van der Waals surface area contributed by atoms with Crippen molar-refractivity contribution in [3.63, 3.8) is 0 Å². The number of hydrogen-bond donors (Lipinski definition) is 1. The predicted octanol–water partition coefficient (Wildman–Crippen LogP) is 3.06. The lowest BCUT2D eigenvalue weighted by Crippen LogP contribution is -2.21. The molecule has 0 aliphatic heterocycles. The minimum Gasteiger partial charge on any atom is -0.393 e. The van der Waals surface area contributed by atoms with Gasteiger partial charge in [0.05, 0.1) is 18.3 Å². The summed E-state index contributed by atoms with van der Waals surface area (Å²) in [4.78, 5) is 10.1. The first kappa shape index (κ1) is 14.9. The van der Waals surface area contributed by atoms with E-state index in [1.807, 2.05) is 20.8 Å². The molecular formula is C12H26O3. The van der Waals surface area contributed by atoms with Gasteiger partial charge in [0.25, 0.3) is 0 Å². The monoisotopic (exact) mass is 218 g/mol. The van der Waals surface area contributed by atoms with Gasteiger partial charge in [-0.25, -0.2) is 9.78 Å². The average molecular weight is 218 g/mol. The highest BCUT2D eigenvalue weighted by Gasteiger charge is 2.11. The Balaban J connectivity index is 3.27. The number of unbranched alkanes of at least 4 members (excludes halogenated alkanes) is 2. The second kappa shape index (κ2) is 8.08. The minimum absolute atomic E-state index is 0.250. The van der Waals surface area contributed by atoms with E-state index in [-0.39, 0.29) is 11.7 Å². The summed E-state index contributed by atoms with van der Waals surface area (Å²) < 4.78 is 0. The first-order valence-corrected chi connectivity index (χ1v) is 5.94. The molecule has 0 fully saturated rings. The lowest BCUT2D eigenvalue weighted by Gasteiger charge is -2.18. The van der Waals surface area contributed by atoms with Gasteiger partial charge in [-0.15, -0.1) is 0 Å². The van der Waals surface area contributed by atoms with Gasteiger partial charge in [0.1, 0.15) is 0 Å². The van der Waals surface area contributed by atoms with Gasteiger partial charge in [0.15, 0.2) is 0 Å². The molecule has 0 spiro atoms. The van der Waals surface area contributed by atoms with Crippen molar-refractivity contribution in [3.05, 3.63) is 0 Å². The Labute approximate surface area is 93.7 Å². The molecule has 0 saturated carbocycles. The summed E-state index contributed by atoms with van der Waals surface area (Å²) in [5.74, 6) is 0. The predicted molar refractivity (Wildman–Crippen MR) is 61.6 cm³/mol. The maximum absolute atomic E-state index is 9.57. The van der Waals surface area contributed by atoms with E-state index in [2.05, 4.69) is 6.92 Å². The molecule has 0 saturated heterocycles. The molecule has 1 atom stereocenters. The number of rotatable bonds is 8. The van der Waals surface area contributed by atoms with E-state index in [1.165, 1.54) is 12.8 Å². The third kappa shape index (κ3) is 11.8. The third-order valence-electron chi connectivity index (χ3n) is 1.98. The Morgan fingerprint density at radius 1 is 1.13 bits per heavy atom. The maximum Gasteiger partial charge on any atom is 0.0952 e. The molecule has 0 amide bonds. The van der Waals surface area contributed by atoms with Gasteiger partial charge in [-0.2, -0.15) is 0 Å². The molecule has 3 heteroatoms. The standard InChI is InChI=1S/C12H26O3/c1-5-6-7-8-11(13)9-10-14-15-12(2,3)4/h11,13H,5-10H2,1-4H3. The highest BCUT2D eigenvalue weighted by atomic mass is 17.2. The van der Waals surface area contributed by atoms with E-state index < -0.39 is 0 Å². The summed E-state index contributed by atoms with van der Waals surface area (Å²) in [6.07, 6.45) is 4.75. The quantitative estimate of drug-likeness (QED) is 0.386. The fourth-order valence-electron chi connectivity index (χ4n) is 1.18. The Morgan fingerprint density at radius 3 is 2.33 bits per heavy atom. The van der Waals surface area contributed by atoms with Crippen LogP contribution in [0.15, 0.2) is 0 Å². The molecule has 0 rings (SSSR count). The third-order valence-corrected chi connectivity index (χ3v) is 1.98. The molecular weight excluding hydrogens is 192 g/mol. The van der Waals surface area contributed by atoms with Crippen LogP contribution >= 0.6 is 0 Å². The molecule has 1 unspecified atom stereocenters. The first-order valence-electron chi connectivity index (χ1n) is 5.94. The second-order valence-electron chi connectivity index (χ2n) is 4.96. The maximum atomic E-state index is 9.57. The molecule has 0 radical (unpaired) electrons. The fraction of sp³-hybridized carbons (Fsp3) is 1.00. The lowest BCUT2D eigenvalue weighted by molar-refractivity contribution is -0.350. The molecule has 0 aromatic carbocycles. The largest absolute Gasteiger partial charge is 0.393 e. The van der Waals surface area contributed by atoms with E-state index in [1.54, 1.807) is 0 Å². The molecule has 0 aliphatic rings. The molecule has 3 nitrogen and oxygen atoms in total. The Kier molecular flexibility index (Phi) is 8.02. The van der Waals surface area contributed by atoms with Crippen LogP contribution in [0.1, 0.15) is 59.8 Å². The smallest absolute Gasteiger partial charge is 0.0952 e. The summed E-state index contributed by atoms with van der Waals surface area (Å²) in [6, 6.07) is 0. The van der Waals surface area contributed by atoms with Crippen molar-refractivity contribution in [2.75, 3.05) is 6.61 Å². The molecule has 0 bridgehead atoms. The van der Waals surface area contributed by atoms with Gasteiger partial charge in [-0.1, -0.05) is 26.2 Å². The summed E-state index contributed by atoms with van der Waals surface area (Å²) in [6.45, 7) is 8.43. The van der Waals surface area contributed by atoms with Crippen LogP contribution in [-0.4, -0.2) is 23.4 Å². The van der Waals surface area contributed by atoms with Crippen molar-refractivity contribution in [1.29, 1.82) is 0 Å². The van der Waals surface area contributed by atoms with E-state index >= 15 is 0 Å². The van der Waals surface area contributed by atoms with E-state index in [4.69, 9.17) is 9.78 Å². The number of aliphatic hydroxyl groups is 1. The highest BCUT2D eigenvalue weighted by molar-refractivity contribution is 4.56. The van der Waals surface area contributed by atoms with E-state index in [0.29, 0.717) is 13.0 Å². The van der Waals surface area contributed by atoms with Crippen LogP contribution in [0.25, 0.3) is 0 Å². The van der Waals surface area contributed by atoms with Crippen molar-refractivity contribution in [1.82, 2.24) is 0 Å². The average Bonchev–Trinajstić information content (AvgIpc) is 2.11. The van der Waals surface area contributed by atoms with Crippen LogP contribution in [0.5, 0.6) is 0 Å². The molecule has 0 aromatic heterocycles. The van der Waals surface area contributed by atoms with Crippen LogP contribution < -0.4 is 0 Å². The Bertz CT molecular complexity index is 140. The van der Waals surface area contributed by atoms with Crippen molar-refractivity contribution in [3.8, 4) is 0 Å². The first-order chi connectivity index (χ1) is 6.95. The summed E-state index contributed by atoms with van der Waals surface area (Å²) in [5, 5.41) is 9.57. The van der Waals surface area contributed by atoms with Crippen LogP contribution in [0.3, 0.4) is 0 Å². The molecule has 0 aliphatic carbocycles. The van der Waals surface area contributed by atoms with Gasteiger partial charge in [-0.3, -0.25) is 0 Å². The van der Waals surface area contributed by atoms with Crippen LogP contribution in [0, 0.1) is 0 Å². The number of aliphatic hydroxyl groups excluding tert-OH is 1.